The van der Waals surface area contributed by atoms with Crippen LogP contribution in [0.4, 0.5) is 5.69 Å². The number of aryl methyl sites for hydroxylation is 1. The number of nitrogens with zero attached hydrogens (tertiary/aromatic N) is 1. The molecule has 132 valence electrons. The molecular formula is C20H20N4O2. The predicted octanol–water partition coefficient (Wildman–Crippen LogP) is 2.70. The third-order valence-corrected chi connectivity index (χ3v) is 4.02. The monoisotopic (exact) mass is 348 g/mol. The molecule has 6 nitrogen and oxygen atoms in total. The van der Waals surface area contributed by atoms with Gasteiger partial charge in [0.15, 0.2) is 0 Å². The van der Waals surface area contributed by atoms with E-state index in [0.717, 1.165) is 5.56 Å². The minimum absolute atomic E-state index is 0.269. The van der Waals surface area contributed by atoms with Crippen molar-refractivity contribution in [3.8, 4) is 0 Å². The smallest absolute Gasteiger partial charge is 0.255 e. The molecule has 0 saturated heterocycles. The van der Waals surface area contributed by atoms with Crippen molar-refractivity contribution < 1.29 is 9.59 Å². The number of para-hydroxylation sites is 1. The van der Waals surface area contributed by atoms with Gasteiger partial charge in [0.1, 0.15) is 6.04 Å². The van der Waals surface area contributed by atoms with Crippen molar-refractivity contribution in [2.45, 2.75) is 19.4 Å². The molecule has 0 radical (unpaired) electrons. The summed E-state index contributed by atoms with van der Waals surface area (Å²) in [4.78, 5) is 25.3. The lowest BCUT2D eigenvalue weighted by Gasteiger charge is -2.18. The third-order valence-electron chi connectivity index (χ3n) is 4.02. The Morgan fingerprint density at radius 3 is 2.31 bits per heavy atom. The maximum Gasteiger partial charge on any atom is 0.255 e. The van der Waals surface area contributed by atoms with Gasteiger partial charge >= 0.3 is 0 Å². The maximum atomic E-state index is 12.8. The second-order valence-corrected chi connectivity index (χ2v) is 5.98. The Morgan fingerprint density at radius 1 is 1.04 bits per heavy atom. The number of carbonyl (C=O) groups is 2. The molecule has 0 saturated carbocycles. The third kappa shape index (κ3) is 4.36. The van der Waals surface area contributed by atoms with Crippen LogP contribution in [0.3, 0.4) is 0 Å². The van der Waals surface area contributed by atoms with E-state index in [-0.39, 0.29) is 11.8 Å². The number of carbonyl (C=O) groups excluding carboxylic acids is 2. The van der Waals surface area contributed by atoms with Crippen molar-refractivity contribution in [3.05, 3.63) is 83.7 Å². The number of aromatic amines is 1. The summed E-state index contributed by atoms with van der Waals surface area (Å²) in [7, 11) is 0. The van der Waals surface area contributed by atoms with Gasteiger partial charge in [-0.05, 0) is 24.6 Å². The molecule has 6 heteroatoms. The first-order chi connectivity index (χ1) is 12.6. The molecule has 0 aliphatic rings. The van der Waals surface area contributed by atoms with E-state index in [4.69, 9.17) is 0 Å². The normalized spacial score (nSPS) is 11.6. The number of hydrogen-bond acceptors (Lipinski definition) is 3. The zero-order valence-corrected chi connectivity index (χ0v) is 14.4. The predicted molar refractivity (Wildman–Crippen MR) is 99.8 cm³/mol. The van der Waals surface area contributed by atoms with Crippen molar-refractivity contribution in [2.75, 3.05) is 5.32 Å². The number of rotatable bonds is 6. The van der Waals surface area contributed by atoms with E-state index in [9.17, 15) is 9.59 Å². The summed E-state index contributed by atoms with van der Waals surface area (Å²) in [6.07, 6.45) is 1.85. The molecule has 3 N–H and O–H groups in total. The van der Waals surface area contributed by atoms with Gasteiger partial charge < -0.3 is 10.6 Å². The van der Waals surface area contributed by atoms with Crippen molar-refractivity contribution in [2.24, 2.45) is 0 Å². The van der Waals surface area contributed by atoms with E-state index >= 15 is 0 Å². The van der Waals surface area contributed by atoms with Crippen LogP contribution in [0.2, 0.25) is 0 Å². The van der Waals surface area contributed by atoms with Gasteiger partial charge in [0.2, 0.25) is 5.91 Å². The standard InChI is InChI=1S/C20H20N4O2/c1-14-17(13-21-24-14)19(25)23-18(12-15-8-4-2-5-9-15)20(26)22-16-10-6-3-7-11-16/h2-11,13,18H,12H2,1H3,(H,21,24)(H,22,26)(H,23,25)/t18-/m0/s1. The number of H-pyrrole nitrogens is 1. The molecule has 0 bridgehead atoms. The van der Waals surface area contributed by atoms with Crippen molar-refractivity contribution >= 4 is 17.5 Å². The van der Waals surface area contributed by atoms with Gasteiger partial charge in [-0.15, -0.1) is 0 Å². The van der Waals surface area contributed by atoms with Gasteiger partial charge in [0.25, 0.3) is 5.91 Å². The Labute approximate surface area is 151 Å². The summed E-state index contributed by atoms with van der Waals surface area (Å²) in [5.74, 6) is -0.602. The SMILES string of the molecule is Cc1[nH]ncc1C(=O)N[C@@H](Cc1ccccc1)C(=O)Nc1ccccc1. The molecule has 1 aromatic heterocycles. The van der Waals surface area contributed by atoms with Crippen LogP contribution >= 0.6 is 0 Å². The average molecular weight is 348 g/mol. The van der Waals surface area contributed by atoms with Crippen LogP contribution < -0.4 is 10.6 Å². The van der Waals surface area contributed by atoms with Crippen LogP contribution in [0.25, 0.3) is 0 Å². The minimum Gasteiger partial charge on any atom is -0.340 e. The van der Waals surface area contributed by atoms with E-state index in [1.807, 2.05) is 48.5 Å². The number of anilines is 1. The number of nitrogens with one attached hydrogen (secondary N) is 3. The molecule has 3 rings (SSSR count). The van der Waals surface area contributed by atoms with Crippen LogP contribution in [0.1, 0.15) is 21.6 Å². The van der Waals surface area contributed by atoms with Crippen molar-refractivity contribution in [3.63, 3.8) is 0 Å². The Bertz CT molecular complexity index is 875. The summed E-state index contributed by atoms with van der Waals surface area (Å²) in [6, 6.07) is 18.0. The zero-order chi connectivity index (χ0) is 18.4. The lowest BCUT2D eigenvalue weighted by Crippen LogP contribution is -2.45. The molecule has 2 amide bonds. The fourth-order valence-corrected chi connectivity index (χ4v) is 2.63. The molecule has 2 aromatic carbocycles. The molecule has 0 fully saturated rings. The molecule has 3 aromatic rings. The molecular weight excluding hydrogens is 328 g/mol. The highest BCUT2D eigenvalue weighted by Crippen LogP contribution is 2.10. The topological polar surface area (TPSA) is 86.9 Å². The average Bonchev–Trinajstić information content (AvgIpc) is 3.09. The number of benzene rings is 2. The first kappa shape index (κ1) is 17.4. The molecule has 0 spiro atoms. The quantitative estimate of drug-likeness (QED) is 0.640. The lowest BCUT2D eigenvalue weighted by atomic mass is 10.0. The van der Waals surface area contributed by atoms with Gasteiger partial charge in [-0.25, -0.2) is 0 Å². The number of hydrogen-bond donors (Lipinski definition) is 3. The summed E-state index contributed by atoms with van der Waals surface area (Å²) in [5.41, 5.74) is 2.73. The highest BCUT2D eigenvalue weighted by molar-refractivity contribution is 6.01. The molecule has 1 heterocycles. The van der Waals surface area contributed by atoms with Crippen LogP contribution in [-0.2, 0) is 11.2 Å². The summed E-state index contributed by atoms with van der Waals surface area (Å²) in [5, 5.41) is 12.3. The maximum absolute atomic E-state index is 12.8. The van der Waals surface area contributed by atoms with Gasteiger partial charge in [-0.2, -0.15) is 5.10 Å². The molecule has 0 unspecified atom stereocenters. The van der Waals surface area contributed by atoms with Gasteiger partial charge in [0.05, 0.1) is 11.8 Å². The minimum atomic E-state index is -0.709. The Morgan fingerprint density at radius 2 is 1.69 bits per heavy atom. The van der Waals surface area contributed by atoms with Gasteiger partial charge in [0, 0.05) is 17.8 Å². The van der Waals surface area contributed by atoms with E-state index in [1.165, 1.54) is 6.20 Å². The fourth-order valence-electron chi connectivity index (χ4n) is 2.63. The summed E-state index contributed by atoms with van der Waals surface area (Å²) >= 11 is 0. The molecule has 1 atom stereocenters. The Balaban J connectivity index is 1.78. The summed E-state index contributed by atoms with van der Waals surface area (Å²) < 4.78 is 0. The highest BCUT2D eigenvalue weighted by atomic mass is 16.2. The van der Waals surface area contributed by atoms with E-state index in [0.29, 0.717) is 23.4 Å². The second-order valence-electron chi connectivity index (χ2n) is 5.98. The molecule has 0 aliphatic carbocycles. The summed E-state index contributed by atoms with van der Waals surface area (Å²) in [6.45, 7) is 1.76. The highest BCUT2D eigenvalue weighted by Gasteiger charge is 2.23. The Hall–Kier alpha value is -3.41. The number of aromatic nitrogens is 2. The van der Waals surface area contributed by atoms with Crippen LogP contribution in [0.5, 0.6) is 0 Å². The largest absolute Gasteiger partial charge is 0.340 e. The first-order valence-electron chi connectivity index (χ1n) is 8.34. The van der Waals surface area contributed by atoms with E-state index in [2.05, 4.69) is 20.8 Å². The van der Waals surface area contributed by atoms with Crippen LogP contribution in [0.15, 0.2) is 66.9 Å². The van der Waals surface area contributed by atoms with Crippen LogP contribution in [0, 0.1) is 6.92 Å². The molecule has 26 heavy (non-hydrogen) atoms. The fraction of sp³-hybridized carbons (Fsp3) is 0.150. The lowest BCUT2D eigenvalue weighted by molar-refractivity contribution is -0.118. The van der Waals surface area contributed by atoms with Crippen molar-refractivity contribution in [1.29, 1.82) is 0 Å². The van der Waals surface area contributed by atoms with Gasteiger partial charge in [-0.3, -0.25) is 14.7 Å². The van der Waals surface area contributed by atoms with E-state index < -0.39 is 6.04 Å². The van der Waals surface area contributed by atoms with Crippen LogP contribution in [-0.4, -0.2) is 28.1 Å². The van der Waals surface area contributed by atoms with Crippen molar-refractivity contribution in [1.82, 2.24) is 15.5 Å². The zero-order valence-electron chi connectivity index (χ0n) is 14.4. The number of amides is 2. The van der Waals surface area contributed by atoms with Gasteiger partial charge in [-0.1, -0.05) is 48.5 Å². The first-order valence-corrected chi connectivity index (χ1v) is 8.34. The molecule has 0 aliphatic heterocycles. The second kappa shape index (κ2) is 8.11. The Kier molecular flexibility index (Phi) is 5.43. The van der Waals surface area contributed by atoms with E-state index in [1.54, 1.807) is 19.1 Å².